The van der Waals surface area contributed by atoms with Crippen LogP contribution in [0.5, 0.6) is 80.5 Å². The molecule has 0 saturated carbocycles. The van der Waals surface area contributed by atoms with E-state index in [0.29, 0.717) is 141 Å². The van der Waals surface area contributed by atoms with Gasteiger partial charge >= 0.3 is 7.12 Å². The van der Waals surface area contributed by atoms with Gasteiger partial charge in [0.2, 0.25) is 17.1 Å². The van der Waals surface area contributed by atoms with E-state index >= 15 is 0 Å². The summed E-state index contributed by atoms with van der Waals surface area (Å²) in [6.07, 6.45) is 6.00. The molecule has 11 aromatic rings. The van der Waals surface area contributed by atoms with Gasteiger partial charge in [0, 0.05) is 147 Å². The first kappa shape index (κ1) is 114. The van der Waals surface area contributed by atoms with Crippen LogP contribution in [0.3, 0.4) is 0 Å². The number of halogens is 7. The van der Waals surface area contributed by atoms with Crippen LogP contribution in [-0.4, -0.2) is 202 Å². The minimum Gasteiger partial charge on any atom is -0.497 e. The maximum Gasteiger partial charge on any atom is 0.489 e. The van der Waals surface area contributed by atoms with E-state index in [4.69, 9.17) is 87.4 Å². The summed E-state index contributed by atoms with van der Waals surface area (Å²) >= 11 is 24.8. The first-order valence-corrected chi connectivity index (χ1v) is 45.9. The number of hydrogen-bond donors (Lipinski definition) is 4. The second kappa shape index (κ2) is 55.7. The summed E-state index contributed by atoms with van der Waals surface area (Å²) in [5.41, 5.74) is 11.1. The van der Waals surface area contributed by atoms with E-state index in [2.05, 4.69) is 147 Å². The van der Waals surface area contributed by atoms with E-state index in [-0.39, 0.29) is 23.2 Å². The number of anilines is 2. The van der Waals surface area contributed by atoms with E-state index in [1.807, 2.05) is 90.1 Å². The van der Waals surface area contributed by atoms with Crippen molar-refractivity contribution in [2.75, 3.05) is 137 Å². The third-order valence-electron chi connectivity index (χ3n) is 21.1. The minimum absolute atomic E-state index is 0.111. The Morgan fingerprint density at radius 2 is 0.769 bits per heavy atom. The number of aryl methyl sites for hydroxylation is 2. The number of carbonyl (C=O) groups is 3. The van der Waals surface area contributed by atoms with Crippen molar-refractivity contribution in [3.8, 4) is 91.6 Å². The fraction of sp³-hybridized carbons (Fsp3) is 0.358. The van der Waals surface area contributed by atoms with Gasteiger partial charge in [0.15, 0.2) is 12.6 Å². The third-order valence-corrected chi connectivity index (χ3v) is 26.0. The fourth-order valence-electron chi connectivity index (χ4n) is 13.4. The van der Waals surface area contributed by atoms with Crippen LogP contribution in [0.1, 0.15) is 79.1 Å². The highest BCUT2D eigenvalue weighted by atomic mass is 79.9. The Balaban J connectivity index is 0.000000276. The Kier molecular flexibility index (Phi) is 47.5. The number of nitrogens with one attached hydrogen (secondary N) is 2. The highest BCUT2D eigenvalue weighted by Crippen LogP contribution is 2.41. The van der Waals surface area contributed by atoms with Gasteiger partial charge in [-0.2, -0.15) is 9.97 Å². The number of allylic oxidation sites excluding steroid dienone is 1. The zero-order valence-electron chi connectivity index (χ0n) is 79.6. The van der Waals surface area contributed by atoms with E-state index < -0.39 is 12.4 Å². The molecule has 4 N–H and O–H groups in total. The van der Waals surface area contributed by atoms with Crippen LogP contribution in [0.4, 0.5) is 11.9 Å². The molecule has 4 atom stereocenters. The molecule has 6 heterocycles. The van der Waals surface area contributed by atoms with Crippen molar-refractivity contribution in [1.82, 2.24) is 29.1 Å². The van der Waals surface area contributed by atoms with Gasteiger partial charge in [0.1, 0.15) is 91.8 Å². The molecule has 2 saturated heterocycles. The second-order valence-electron chi connectivity index (χ2n) is 29.4. The maximum absolute atomic E-state index is 13.4. The monoisotopic (exact) mass is 2250 g/mol. The van der Waals surface area contributed by atoms with E-state index in [1.165, 1.54) is 33.0 Å². The molecule has 31 nitrogen and oxygen atoms in total. The average Bonchev–Trinajstić information content (AvgIpc) is 1.02. The Hall–Kier alpha value is -10.3. The number of pyridine rings is 2. The van der Waals surface area contributed by atoms with Gasteiger partial charge in [0.05, 0.1) is 154 Å². The zero-order valence-corrected chi connectivity index (χ0v) is 89.9. The molecular formula is C95H114BBr6ClN8O23. The molecule has 0 radical (unpaired) electrons. The van der Waals surface area contributed by atoms with E-state index in [0.717, 1.165) is 129 Å². The number of carbonyl (C=O) groups excluding carboxylic acids is 3. The lowest BCUT2D eigenvalue weighted by Crippen LogP contribution is -2.35. The first-order valence-electron chi connectivity index (χ1n) is 40.7. The van der Waals surface area contributed by atoms with Crippen LogP contribution in [0.15, 0.2) is 140 Å². The number of aromatic nitrogens is 6. The molecule has 13 rings (SSSR count). The van der Waals surface area contributed by atoms with Gasteiger partial charge in [-0.15, -0.1) is 0 Å². The SMILES string of the molecule is C=CC(=O)Cl.COc1cc(Br)c(C)c(OC)c1.COc1cc(Br)c(C=O)c(OC)c1.COc1cc(Br)cc(OC)c1.COc1cc(OC)c(C)c(-c2cc3cnc(N[C@@H]4COC[C@@H]4C)nc3n(C)c2=O)c1C.COc1cc(OC)c(C)c(B(O)O)c1C.COc1cc(OC)c(C)c(Br)c1C.COc1cc(OC)c(C=O)c(Br)c1C.C[C@H]1COC[C@H]1Nc1ncc2cc(Br)c(=O)n(C)c2n1. The molecule has 7 aromatic carbocycles. The van der Waals surface area contributed by atoms with Gasteiger partial charge in [0.25, 0.3) is 11.1 Å². The van der Waals surface area contributed by atoms with Crippen molar-refractivity contribution in [2.45, 2.75) is 81.3 Å². The number of methoxy groups -OCH3 is 14. The lowest BCUT2D eigenvalue weighted by Gasteiger charge is -2.18. The summed E-state index contributed by atoms with van der Waals surface area (Å²) in [4.78, 5) is 74.0. The number of rotatable bonds is 23. The quantitative estimate of drug-likeness (QED) is 0.0200. The van der Waals surface area contributed by atoms with Crippen LogP contribution in [0.2, 0.25) is 0 Å². The normalized spacial score (nSPS) is 13.5. The summed E-state index contributed by atoms with van der Waals surface area (Å²) < 4.78 is 91.1. The fourth-order valence-corrected chi connectivity index (χ4v) is 16.1. The van der Waals surface area contributed by atoms with Crippen molar-refractivity contribution in [3.05, 3.63) is 207 Å². The van der Waals surface area contributed by atoms with Crippen molar-refractivity contribution >= 4 is 172 Å². The highest BCUT2D eigenvalue weighted by molar-refractivity contribution is 9.11. The third kappa shape index (κ3) is 30.4. The van der Waals surface area contributed by atoms with Crippen molar-refractivity contribution in [1.29, 1.82) is 0 Å². The maximum atomic E-state index is 13.4. The number of ether oxygens (including phenoxy) is 16. The summed E-state index contributed by atoms with van der Waals surface area (Å²) in [6, 6.07) is 23.8. The van der Waals surface area contributed by atoms with Crippen molar-refractivity contribution < 1.29 is 100 Å². The molecule has 724 valence electrons. The molecule has 0 unspecified atom stereocenters. The van der Waals surface area contributed by atoms with E-state index in [1.54, 1.807) is 146 Å². The predicted octanol–water partition coefficient (Wildman–Crippen LogP) is 18.7. The second-order valence-corrected chi connectivity index (χ2v) is 34.8. The highest BCUT2D eigenvalue weighted by Gasteiger charge is 2.29. The molecule has 2 aliphatic rings. The van der Waals surface area contributed by atoms with Gasteiger partial charge < -0.3 is 96.5 Å². The molecule has 0 amide bonds. The van der Waals surface area contributed by atoms with Crippen LogP contribution in [-0.2, 0) is 28.4 Å². The van der Waals surface area contributed by atoms with Crippen LogP contribution in [0.25, 0.3) is 33.2 Å². The first-order chi connectivity index (χ1) is 63.6. The van der Waals surface area contributed by atoms with Gasteiger partial charge in [-0.1, -0.05) is 52.3 Å². The zero-order chi connectivity index (χ0) is 100. The molecule has 4 aromatic heterocycles. The smallest absolute Gasteiger partial charge is 0.489 e. The summed E-state index contributed by atoms with van der Waals surface area (Å²) in [7, 11) is 24.2. The van der Waals surface area contributed by atoms with Gasteiger partial charge in [-0.3, -0.25) is 33.1 Å². The molecule has 39 heteroatoms. The lowest BCUT2D eigenvalue weighted by atomic mass is 9.74. The number of nitrogens with zero attached hydrogens (tertiary/aromatic N) is 6. The summed E-state index contributed by atoms with van der Waals surface area (Å²) in [6.45, 7) is 25.4. The Labute approximate surface area is 836 Å². The molecule has 2 aliphatic heterocycles. The number of benzene rings is 7. The Bertz CT molecular complexity index is 5910. The van der Waals surface area contributed by atoms with Crippen molar-refractivity contribution in [2.24, 2.45) is 25.9 Å². The minimum atomic E-state index is -1.52. The van der Waals surface area contributed by atoms with Crippen LogP contribution >= 0.6 is 107 Å². The number of aldehydes is 2. The van der Waals surface area contributed by atoms with Gasteiger partial charge in [-0.25, -0.2) is 9.97 Å². The largest absolute Gasteiger partial charge is 0.497 e. The molecule has 0 aliphatic carbocycles. The topological polar surface area (TPSA) is 359 Å². The summed E-state index contributed by atoms with van der Waals surface area (Å²) in [5, 5.41) is 26.2. The van der Waals surface area contributed by atoms with Crippen molar-refractivity contribution in [3.63, 3.8) is 0 Å². The molecule has 2 fully saturated rings. The molecule has 134 heavy (non-hydrogen) atoms. The number of fused-ring (bicyclic) bond motifs is 2. The van der Waals surface area contributed by atoms with E-state index in [9.17, 15) is 34.0 Å². The van der Waals surface area contributed by atoms with Gasteiger partial charge in [-0.05, 0) is 201 Å². The Morgan fingerprint density at radius 3 is 1.13 bits per heavy atom. The summed E-state index contributed by atoms with van der Waals surface area (Å²) in [5.74, 6) is 11.6. The van der Waals surface area contributed by atoms with Crippen LogP contribution < -0.4 is 93.5 Å². The Morgan fingerprint density at radius 1 is 0.433 bits per heavy atom. The molecule has 0 spiro atoms. The standard InChI is InChI=1S/C23H28N4O4.C13H15BrN4O2.C10H15BO4.C10H11BrO3.C10H13BrO2.C9H9BrO3.C9H11BrO2.C8H9BrO2.C3H3ClO/c1-12-10-31-11-17(12)25-23-24-9-15-7-16(22(28)27(4)21(15)26-23)20-13(2)18(29-5)8-19(30-6)14(20)3;1-7-5-20-6-10(7)16-13-15-4-8-3-9(14)12(19)18(2)11(8)17-13;1-6-8(14-3)5-9(15-4)7(2)10(6)11(12)13;1-6-8(13-2)4-9(14-3)7(5-12)10(6)11;1-6-8(12-3)5-9(13-4)7(2)10(6)11;1-12-6-3-8(10)7(5-11)9(4-6)13-2;1-6-8(10)4-7(11-2)5-9(6)12-3;1-10-7-3-6(9)4-8(5-7)11-2;1-2-3(4)5/h7-9,12,17H,10-11H2,1-6H3,(H,24,25,26);3-4,7,10H,5-6H2,1-2H3,(H,15,16,17);5,12-13H,1-4H3;4-5H,1-3H3;5H,1-4H3;3-5H,1-2H3;4-5H,1-3H3;3-5H,1-2H3;2H,1H2/t12-,17+;7-,10+;;;;;;;/m00......./s1. The number of hydrogen-bond acceptors (Lipinski definition) is 29. The molecular weight excluding hydrogens is 2150 g/mol. The van der Waals surface area contributed by atoms with Crippen LogP contribution in [0, 0.1) is 67.2 Å². The molecule has 0 bridgehead atoms. The average molecular weight is 2260 g/mol. The predicted molar refractivity (Wildman–Crippen MR) is 546 cm³/mol. The lowest BCUT2D eigenvalue weighted by molar-refractivity contribution is -0.107.